The summed E-state index contributed by atoms with van der Waals surface area (Å²) in [7, 11) is 1.93. The van der Waals surface area contributed by atoms with Crippen molar-refractivity contribution in [1.29, 1.82) is 0 Å². The first-order valence-corrected chi connectivity index (χ1v) is 4.56. The van der Waals surface area contributed by atoms with E-state index < -0.39 is 0 Å². The van der Waals surface area contributed by atoms with Gasteiger partial charge in [-0.25, -0.2) is 0 Å². The van der Waals surface area contributed by atoms with Gasteiger partial charge in [-0.1, -0.05) is 12.8 Å². The Hall–Kier alpha value is -0.990. The van der Waals surface area contributed by atoms with Crippen molar-refractivity contribution in [2.24, 2.45) is 7.05 Å². The van der Waals surface area contributed by atoms with Crippen molar-refractivity contribution in [2.45, 2.75) is 31.6 Å². The van der Waals surface area contributed by atoms with Crippen molar-refractivity contribution < 1.29 is 0 Å². The summed E-state index contributed by atoms with van der Waals surface area (Å²) in [5, 5.41) is 4.15. The molecule has 1 aliphatic rings. The van der Waals surface area contributed by atoms with Gasteiger partial charge in [0.25, 0.3) is 0 Å². The zero-order valence-electron chi connectivity index (χ0n) is 7.45. The minimum Gasteiger partial charge on any atom is -0.382 e. The Bertz CT molecular complexity index is 271. The predicted octanol–water partition coefficient (Wildman–Crippen LogP) is 1.66. The van der Waals surface area contributed by atoms with Gasteiger partial charge in [0.05, 0.1) is 0 Å². The van der Waals surface area contributed by atoms with E-state index in [2.05, 4.69) is 11.3 Å². The van der Waals surface area contributed by atoms with E-state index in [9.17, 15) is 0 Å². The van der Waals surface area contributed by atoms with Gasteiger partial charge < -0.3 is 5.73 Å². The normalized spacial score (nSPS) is 18.8. The highest BCUT2D eigenvalue weighted by Gasteiger charge is 2.20. The SMILES string of the molecule is Cn1cc(C2CCCC2)c(N)n1. The third-order valence-electron chi connectivity index (χ3n) is 2.68. The number of aromatic nitrogens is 2. The molecule has 1 aromatic rings. The third kappa shape index (κ3) is 1.19. The monoisotopic (exact) mass is 165 g/mol. The number of aryl methyl sites for hydroxylation is 1. The zero-order chi connectivity index (χ0) is 8.55. The van der Waals surface area contributed by atoms with Gasteiger partial charge in [-0.15, -0.1) is 0 Å². The molecule has 0 aromatic carbocycles. The lowest BCUT2D eigenvalue weighted by Crippen LogP contribution is -1.95. The van der Waals surface area contributed by atoms with Crippen LogP contribution in [-0.2, 0) is 7.05 Å². The van der Waals surface area contributed by atoms with Crippen LogP contribution in [0.3, 0.4) is 0 Å². The molecule has 0 saturated heterocycles. The van der Waals surface area contributed by atoms with E-state index in [1.807, 2.05) is 11.7 Å². The molecule has 0 spiro atoms. The van der Waals surface area contributed by atoms with E-state index in [-0.39, 0.29) is 0 Å². The summed E-state index contributed by atoms with van der Waals surface area (Å²) in [6.07, 6.45) is 7.33. The highest BCUT2D eigenvalue weighted by Crippen LogP contribution is 2.36. The Balaban J connectivity index is 2.25. The van der Waals surface area contributed by atoms with Gasteiger partial charge in [-0.05, 0) is 18.8 Å². The van der Waals surface area contributed by atoms with Crippen LogP contribution in [-0.4, -0.2) is 9.78 Å². The molecule has 1 aliphatic carbocycles. The lowest BCUT2D eigenvalue weighted by molar-refractivity contribution is 0.719. The molecular weight excluding hydrogens is 150 g/mol. The fraction of sp³-hybridized carbons (Fsp3) is 0.667. The molecule has 3 heteroatoms. The first kappa shape index (κ1) is 7.65. The zero-order valence-corrected chi connectivity index (χ0v) is 7.45. The Kier molecular flexibility index (Phi) is 1.79. The van der Waals surface area contributed by atoms with Gasteiger partial charge in [0, 0.05) is 18.8 Å². The van der Waals surface area contributed by atoms with Gasteiger partial charge in [-0.2, -0.15) is 5.10 Å². The van der Waals surface area contributed by atoms with Crippen molar-refractivity contribution in [3.05, 3.63) is 11.8 Å². The quantitative estimate of drug-likeness (QED) is 0.687. The Morgan fingerprint density at radius 2 is 2.17 bits per heavy atom. The summed E-state index contributed by atoms with van der Waals surface area (Å²) in [6.45, 7) is 0. The molecule has 3 nitrogen and oxygen atoms in total. The van der Waals surface area contributed by atoms with E-state index in [4.69, 9.17) is 5.73 Å². The largest absolute Gasteiger partial charge is 0.382 e. The maximum atomic E-state index is 5.79. The van der Waals surface area contributed by atoms with Crippen LogP contribution in [0.5, 0.6) is 0 Å². The average Bonchev–Trinajstić information content (AvgIpc) is 2.58. The molecule has 0 radical (unpaired) electrons. The average molecular weight is 165 g/mol. The molecule has 1 aromatic heterocycles. The van der Waals surface area contributed by atoms with E-state index in [0.29, 0.717) is 5.92 Å². The van der Waals surface area contributed by atoms with Crippen LogP contribution in [0, 0.1) is 0 Å². The Morgan fingerprint density at radius 3 is 2.67 bits per heavy atom. The lowest BCUT2D eigenvalue weighted by atomic mass is 10.0. The van der Waals surface area contributed by atoms with Crippen LogP contribution in [0.4, 0.5) is 5.82 Å². The molecule has 12 heavy (non-hydrogen) atoms. The summed E-state index contributed by atoms with van der Waals surface area (Å²) in [5.41, 5.74) is 7.05. The second-order valence-electron chi connectivity index (χ2n) is 3.62. The number of hydrogen-bond donors (Lipinski definition) is 1. The molecule has 0 bridgehead atoms. The molecular formula is C9H15N3. The van der Waals surface area contributed by atoms with Crippen LogP contribution in [0.25, 0.3) is 0 Å². The number of rotatable bonds is 1. The first-order valence-electron chi connectivity index (χ1n) is 4.56. The Labute approximate surface area is 72.6 Å². The van der Waals surface area contributed by atoms with Crippen LogP contribution >= 0.6 is 0 Å². The first-order chi connectivity index (χ1) is 5.77. The molecule has 0 atom stereocenters. The lowest BCUT2D eigenvalue weighted by Gasteiger charge is -2.05. The standard InChI is InChI=1S/C9H15N3/c1-12-6-8(9(10)11-12)7-4-2-3-5-7/h6-7H,2-5H2,1H3,(H2,10,11). The van der Waals surface area contributed by atoms with Crippen LogP contribution in [0.2, 0.25) is 0 Å². The minimum absolute atomic E-state index is 0.679. The van der Waals surface area contributed by atoms with Gasteiger partial charge in [0.2, 0.25) is 0 Å². The molecule has 1 saturated carbocycles. The summed E-state index contributed by atoms with van der Waals surface area (Å²) < 4.78 is 1.81. The Morgan fingerprint density at radius 1 is 1.50 bits per heavy atom. The fourth-order valence-corrected chi connectivity index (χ4v) is 2.08. The number of nitrogens with two attached hydrogens (primary N) is 1. The summed E-state index contributed by atoms with van der Waals surface area (Å²) >= 11 is 0. The predicted molar refractivity (Wildman–Crippen MR) is 48.8 cm³/mol. The van der Waals surface area contributed by atoms with E-state index >= 15 is 0 Å². The topological polar surface area (TPSA) is 43.8 Å². The molecule has 0 amide bonds. The smallest absolute Gasteiger partial charge is 0.148 e. The maximum absolute atomic E-state index is 5.79. The molecule has 0 unspecified atom stereocenters. The van der Waals surface area contributed by atoms with Crippen molar-refractivity contribution in [3.63, 3.8) is 0 Å². The van der Waals surface area contributed by atoms with E-state index in [0.717, 1.165) is 5.82 Å². The third-order valence-corrected chi connectivity index (χ3v) is 2.68. The highest BCUT2D eigenvalue weighted by molar-refractivity contribution is 5.40. The molecule has 0 aliphatic heterocycles. The molecule has 1 fully saturated rings. The molecule has 66 valence electrons. The molecule has 2 N–H and O–H groups in total. The molecule has 2 rings (SSSR count). The second-order valence-corrected chi connectivity index (χ2v) is 3.62. The summed E-state index contributed by atoms with van der Waals surface area (Å²) in [5.74, 6) is 1.41. The molecule has 1 heterocycles. The summed E-state index contributed by atoms with van der Waals surface area (Å²) in [4.78, 5) is 0. The van der Waals surface area contributed by atoms with Crippen molar-refractivity contribution in [2.75, 3.05) is 5.73 Å². The van der Waals surface area contributed by atoms with Gasteiger partial charge in [0.15, 0.2) is 0 Å². The summed E-state index contributed by atoms with van der Waals surface area (Å²) in [6, 6.07) is 0. The minimum atomic E-state index is 0.679. The number of nitrogens with zero attached hydrogens (tertiary/aromatic N) is 2. The number of hydrogen-bond acceptors (Lipinski definition) is 2. The highest BCUT2D eigenvalue weighted by atomic mass is 15.3. The second kappa shape index (κ2) is 2.81. The fourth-order valence-electron chi connectivity index (χ4n) is 2.08. The van der Waals surface area contributed by atoms with Gasteiger partial charge in [0.1, 0.15) is 5.82 Å². The number of anilines is 1. The van der Waals surface area contributed by atoms with Crippen LogP contribution < -0.4 is 5.73 Å². The van der Waals surface area contributed by atoms with Crippen molar-refractivity contribution in [1.82, 2.24) is 9.78 Å². The van der Waals surface area contributed by atoms with Crippen molar-refractivity contribution in [3.8, 4) is 0 Å². The number of nitrogen functional groups attached to an aromatic ring is 1. The van der Waals surface area contributed by atoms with Gasteiger partial charge >= 0.3 is 0 Å². The van der Waals surface area contributed by atoms with Crippen molar-refractivity contribution >= 4 is 5.82 Å². The van der Waals surface area contributed by atoms with Gasteiger partial charge in [-0.3, -0.25) is 4.68 Å². The van der Waals surface area contributed by atoms with Crippen LogP contribution in [0.1, 0.15) is 37.2 Å². The maximum Gasteiger partial charge on any atom is 0.148 e. The van der Waals surface area contributed by atoms with E-state index in [1.54, 1.807) is 0 Å². The van der Waals surface area contributed by atoms with E-state index in [1.165, 1.54) is 31.2 Å². The van der Waals surface area contributed by atoms with Crippen LogP contribution in [0.15, 0.2) is 6.20 Å².